The van der Waals surface area contributed by atoms with E-state index in [1.54, 1.807) is 12.1 Å². The highest BCUT2D eigenvalue weighted by molar-refractivity contribution is 9.10. The first-order chi connectivity index (χ1) is 9.11. The van der Waals surface area contributed by atoms with Gasteiger partial charge in [-0.25, -0.2) is 14.4 Å². The van der Waals surface area contributed by atoms with Crippen molar-refractivity contribution in [3.63, 3.8) is 0 Å². The Bertz CT molecular complexity index is 594. The number of hydrogen-bond acceptors (Lipinski definition) is 4. The van der Waals surface area contributed by atoms with E-state index in [0.717, 1.165) is 6.54 Å². The molecule has 19 heavy (non-hydrogen) atoms. The standard InChI is InChI=1S/C12H11BrClFN4/c1-2-16-11-10(13)12(18-6-17-11)19-9-4-3-7(14)5-8(9)15/h3-6H,2H2,1H3,(H2,16,17,18,19). The molecule has 0 aliphatic rings. The highest BCUT2D eigenvalue weighted by atomic mass is 79.9. The van der Waals surface area contributed by atoms with Crippen molar-refractivity contribution in [3.05, 3.63) is 39.8 Å². The van der Waals surface area contributed by atoms with Crippen LogP contribution in [0.15, 0.2) is 29.0 Å². The topological polar surface area (TPSA) is 49.8 Å². The van der Waals surface area contributed by atoms with E-state index in [-0.39, 0.29) is 0 Å². The molecule has 0 spiro atoms. The summed E-state index contributed by atoms with van der Waals surface area (Å²) in [6.45, 7) is 2.69. The Morgan fingerprint density at radius 1 is 1.32 bits per heavy atom. The van der Waals surface area contributed by atoms with Crippen LogP contribution >= 0.6 is 27.5 Å². The number of benzene rings is 1. The molecule has 0 atom stereocenters. The molecule has 2 aromatic rings. The fourth-order valence-corrected chi connectivity index (χ4v) is 2.07. The summed E-state index contributed by atoms with van der Waals surface area (Å²) in [5.74, 6) is 0.685. The molecule has 4 nitrogen and oxygen atoms in total. The summed E-state index contributed by atoms with van der Waals surface area (Å²) in [6, 6.07) is 4.40. The predicted octanol–water partition coefficient (Wildman–Crippen LogP) is 4.21. The normalized spacial score (nSPS) is 10.3. The molecule has 7 heteroatoms. The Morgan fingerprint density at radius 3 is 2.74 bits per heavy atom. The largest absolute Gasteiger partial charge is 0.369 e. The maximum atomic E-state index is 13.7. The van der Waals surface area contributed by atoms with Gasteiger partial charge in [0.05, 0.1) is 5.69 Å². The van der Waals surface area contributed by atoms with Crippen molar-refractivity contribution in [1.82, 2.24) is 9.97 Å². The Balaban J connectivity index is 2.30. The summed E-state index contributed by atoms with van der Waals surface area (Å²) in [6.07, 6.45) is 1.40. The molecule has 0 saturated carbocycles. The van der Waals surface area contributed by atoms with Crippen molar-refractivity contribution in [1.29, 1.82) is 0 Å². The molecule has 0 aliphatic heterocycles. The van der Waals surface area contributed by atoms with Crippen LogP contribution in [0.5, 0.6) is 0 Å². The first-order valence-corrected chi connectivity index (χ1v) is 6.75. The molecule has 1 aromatic carbocycles. The van der Waals surface area contributed by atoms with Gasteiger partial charge in [-0.2, -0.15) is 0 Å². The van der Waals surface area contributed by atoms with Crippen molar-refractivity contribution in [2.45, 2.75) is 6.92 Å². The summed E-state index contributed by atoms with van der Waals surface area (Å²) in [5.41, 5.74) is 0.297. The Kier molecular flexibility index (Phi) is 4.55. The van der Waals surface area contributed by atoms with E-state index in [9.17, 15) is 4.39 Å². The maximum absolute atomic E-state index is 13.7. The van der Waals surface area contributed by atoms with Crippen LogP contribution in [0.3, 0.4) is 0 Å². The van der Waals surface area contributed by atoms with Crippen molar-refractivity contribution in [3.8, 4) is 0 Å². The minimum atomic E-state index is -0.442. The van der Waals surface area contributed by atoms with Crippen molar-refractivity contribution in [2.75, 3.05) is 17.2 Å². The molecule has 2 rings (SSSR count). The number of nitrogens with one attached hydrogen (secondary N) is 2. The van der Waals surface area contributed by atoms with Crippen LogP contribution in [0.2, 0.25) is 5.02 Å². The molecule has 0 fully saturated rings. The lowest BCUT2D eigenvalue weighted by molar-refractivity contribution is 0.632. The van der Waals surface area contributed by atoms with E-state index in [1.165, 1.54) is 12.4 Å². The van der Waals surface area contributed by atoms with Crippen LogP contribution in [0, 0.1) is 5.82 Å². The summed E-state index contributed by atoms with van der Waals surface area (Å²) in [5, 5.41) is 6.31. The number of nitrogens with zero attached hydrogens (tertiary/aromatic N) is 2. The van der Waals surface area contributed by atoms with Crippen molar-refractivity contribution < 1.29 is 4.39 Å². The average Bonchev–Trinajstić information content (AvgIpc) is 2.37. The predicted molar refractivity (Wildman–Crippen MR) is 78.6 cm³/mol. The first kappa shape index (κ1) is 14.0. The van der Waals surface area contributed by atoms with Crippen LogP contribution in [0.1, 0.15) is 6.92 Å². The zero-order valence-electron chi connectivity index (χ0n) is 10.0. The molecule has 0 aliphatic carbocycles. The smallest absolute Gasteiger partial charge is 0.150 e. The van der Waals surface area contributed by atoms with E-state index in [2.05, 4.69) is 36.5 Å². The van der Waals surface area contributed by atoms with Gasteiger partial charge in [-0.3, -0.25) is 0 Å². The van der Waals surface area contributed by atoms with Crippen LogP contribution in [0.4, 0.5) is 21.7 Å². The molecule has 0 amide bonds. The molecule has 100 valence electrons. The summed E-state index contributed by atoms with van der Waals surface area (Å²) in [7, 11) is 0. The minimum absolute atomic E-state index is 0.297. The van der Waals surface area contributed by atoms with Gasteiger partial charge in [0.2, 0.25) is 0 Å². The van der Waals surface area contributed by atoms with Gasteiger partial charge >= 0.3 is 0 Å². The van der Waals surface area contributed by atoms with Crippen LogP contribution < -0.4 is 10.6 Å². The molecule has 0 unspecified atom stereocenters. The van der Waals surface area contributed by atoms with Crippen molar-refractivity contribution >= 4 is 44.9 Å². The van der Waals surface area contributed by atoms with E-state index >= 15 is 0 Å². The first-order valence-electron chi connectivity index (χ1n) is 5.58. The van der Waals surface area contributed by atoms with Gasteiger partial charge < -0.3 is 10.6 Å². The van der Waals surface area contributed by atoms with Gasteiger partial charge in [0.25, 0.3) is 0 Å². The molecule has 1 aromatic heterocycles. The molecule has 0 bridgehead atoms. The van der Waals surface area contributed by atoms with Gasteiger partial charge in [-0.05, 0) is 41.1 Å². The van der Waals surface area contributed by atoms with Crippen molar-refractivity contribution in [2.24, 2.45) is 0 Å². The number of hydrogen-bond donors (Lipinski definition) is 2. The number of aromatic nitrogens is 2. The maximum Gasteiger partial charge on any atom is 0.150 e. The molecular formula is C12H11BrClFN4. The number of halogens is 3. The van der Waals surface area contributed by atoms with E-state index in [0.29, 0.717) is 26.8 Å². The quantitative estimate of drug-likeness (QED) is 0.871. The van der Waals surface area contributed by atoms with Gasteiger partial charge in [0.1, 0.15) is 28.3 Å². The SMILES string of the molecule is CCNc1ncnc(Nc2ccc(Cl)cc2F)c1Br. The number of anilines is 3. The van der Waals surface area contributed by atoms with E-state index in [4.69, 9.17) is 11.6 Å². The lowest BCUT2D eigenvalue weighted by Crippen LogP contribution is -2.04. The highest BCUT2D eigenvalue weighted by Crippen LogP contribution is 2.30. The molecule has 0 saturated heterocycles. The lowest BCUT2D eigenvalue weighted by atomic mass is 10.3. The third-order valence-corrected chi connectivity index (χ3v) is 3.30. The van der Waals surface area contributed by atoms with Gasteiger partial charge in [-0.15, -0.1) is 0 Å². The average molecular weight is 346 g/mol. The molecular weight excluding hydrogens is 335 g/mol. The Labute approximate surface area is 123 Å². The Morgan fingerprint density at radius 2 is 2.05 bits per heavy atom. The number of rotatable bonds is 4. The molecule has 1 heterocycles. The lowest BCUT2D eigenvalue weighted by Gasteiger charge is -2.11. The summed E-state index contributed by atoms with van der Waals surface area (Å²) in [4.78, 5) is 8.15. The van der Waals surface area contributed by atoms with E-state index < -0.39 is 5.82 Å². The van der Waals surface area contributed by atoms with Crippen LogP contribution in [-0.2, 0) is 0 Å². The fraction of sp³-hybridized carbons (Fsp3) is 0.167. The van der Waals surface area contributed by atoms with Crippen LogP contribution in [-0.4, -0.2) is 16.5 Å². The van der Waals surface area contributed by atoms with Gasteiger partial charge in [-0.1, -0.05) is 11.6 Å². The zero-order chi connectivity index (χ0) is 13.8. The van der Waals surface area contributed by atoms with Gasteiger partial charge in [0, 0.05) is 11.6 Å². The minimum Gasteiger partial charge on any atom is -0.369 e. The molecule has 0 radical (unpaired) electrons. The van der Waals surface area contributed by atoms with E-state index in [1.807, 2.05) is 6.92 Å². The second-order valence-corrected chi connectivity index (χ2v) is 4.89. The molecule has 2 N–H and O–H groups in total. The Hall–Kier alpha value is -1.40. The third kappa shape index (κ3) is 3.33. The van der Waals surface area contributed by atoms with Gasteiger partial charge in [0.15, 0.2) is 0 Å². The summed E-state index contributed by atoms with van der Waals surface area (Å²) >= 11 is 9.09. The highest BCUT2D eigenvalue weighted by Gasteiger charge is 2.10. The third-order valence-electron chi connectivity index (χ3n) is 2.32. The second kappa shape index (κ2) is 6.16. The zero-order valence-corrected chi connectivity index (χ0v) is 12.4. The fourth-order valence-electron chi connectivity index (χ4n) is 1.47. The van der Waals surface area contributed by atoms with Crippen LogP contribution in [0.25, 0.3) is 0 Å². The second-order valence-electron chi connectivity index (χ2n) is 3.66. The monoisotopic (exact) mass is 344 g/mol. The summed E-state index contributed by atoms with van der Waals surface area (Å²) < 4.78 is 14.3.